The highest BCUT2D eigenvalue weighted by Crippen LogP contribution is 2.33. The molecular weight excluding hydrogens is 347 g/mol. The number of aromatic nitrogens is 1. The Balaban J connectivity index is 1.25. The zero-order chi connectivity index (χ0) is 18.6. The Morgan fingerprint density at radius 1 is 1.30 bits per heavy atom. The van der Waals surface area contributed by atoms with Crippen LogP contribution in [-0.4, -0.2) is 41.4 Å². The summed E-state index contributed by atoms with van der Waals surface area (Å²) in [5.41, 5.74) is 0.589. The van der Waals surface area contributed by atoms with Crippen LogP contribution in [0.15, 0.2) is 40.9 Å². The number of rotatable bonds is 6. The minimum atomic E-state index is -0.290. The molecule has 141 valence electrons. The van der Waals surface area contributed by atoms with E-state index in [-0.39, 0.29) is 11.6 Å². The van der Waals surface area contributed by atoms with Gasteiger partial charge in [-0.3, -0.25) is 0 Å². The van der Waals surface area contributed by atoms with E-state index in [2.05, 4.69) is 16.1 Å². The van der Waals surface area contributed by atoms with Crippen molar-refractivity contribution in [2.24, 2.45) is 0 Å². The fraction of sp³-hybridized carbons (Fsp3) is 0.381. The summed E-state index contributed by atoms with van der Waals surface area (Å²) in [6.45, 7) is 3.49. The Kier molecular flexibility index (Phi) is 5.25. The Morgan fingerprint density at radius 2 is 2.15 bits per heavy atom. The fourth-order valence-corrected chi connectivity index (χ4v) is 3.65. The topological polar surface area (TPSA) is 58.7 Å². The van der Waals surface area contributed by atoms with Gasteiger partial charge in [-0.2, -0.15) is 0 Å². The highest BCUT2D eigenvalue weighted by molar-refractivity contribution is 5.80. The molecule has 2 heterocycles. The van der Waals surface area contributed by atoms with Crippen LogP contribution in [0, 0.1) is 11.9 Å². The number of halogens is 1. The van der Waals surface area contributed by atoms with E-state index in [9.17, 15) is 9.50 Å². The van der Waals surface area contributed by atoms with Gasteiger partial charge in [0, 0.05) is 23.9 Å². The Labute approximate surface area is 157 Å². The number of hydrogen-bond acceptors (Lipinski definition) is 5. The van der Waals surface area contributed by atoms with Crippen molar-refractivity contribution in [3.63, 3.8) is 0 Å². The lowest BCUT2D eigenvalue weighted by Crippen LogP contribution is -2.34. The van der Waals surface area contributed by atoms with E-state index in [1.807, 2.05) is 0 Å². The van der Waals surface area contributed by atoms with E-state index >= 15 is 0 Å². The van der Waals surface area contributed by atoms with E-state index < -0.39 is 0 Å². The molecule has 4 rings (SSSR count). The van der Waals surface area contributed by atoms with E-state index in [0.29, 0.717) is 23.8 Å². The standard InChI is InChI=1S/C21H22FN2O3/c22-16-6-7-17-18(14-16)23-27-21(17)15-8-11-24(12-9-15)10-3-13-26-20-5-2-1-4-19(20)25/h2,4-7,14-15,25H,3,8-13H2. The van der Waals surface area contributed by atoms with Crippen LogP contribution < -0.4 is 4.74 Å². The monoisotopic (exact) mass is 369 g/mol. The molecular formula is C21H22FN2O3. The number of likely N-dealkylation sites (tertiary alicyclic amines) is 1. The van der Waals surface area contributed by atoms with Gasteiger partial charge >= 0.3 is 0 Å². The maximum Gasteiger partial charge on any atom is 0.160 e. The number of hydrogen-bond donors (Lipinski definition) is 1. The molecule has 1 aliphatic rings. The molecule has 0 aliphatic carbocycles. The number of phenols is 1. The van der Waals surface area contributed by atoms with Crippen LogP contribution in [0.4, 0.5) is 4.39 Å². The zero-order valence-electron chi connectivity index (χ0n) is 15.0. The molecule has 6 heteroatoms. The summed E-state index contributed by atoms with van der Waals surface area (Å²) in [5, 5.41) is 14.6. The van der Waals surface area contributed by atoms with E-state index in [4.69, 9.17) is 9.26 Å². The average Bonchev–Trinajstić information content (AvgIpc) is 3.10. The van der Waals surface area contributed by atoms with Crippen molar-refractivity contribution >= 4 is 10.9 Å². The van der Waals surface area contributed by atoms with Crippen LogP contribution in [-0.2, 0) is 0 Å². The van der Waals surface area contributed by atoms with Gasteiger partial charge in [-0.05, 0) is 62.7 Å². The lowest BCUT2D eigenvalue weighted by molar-refractivity contribution is 0.181. The molecule has 3 aromatic rings. The van der Waals surface area contributed by atoms with Crippen LogP contribution in [0.5, 0.6) is 11.5 Å². The van der Waals surface area contributed by atoms with Gasteiger partial charge in [0.05, 0.1) is 6.61 Å². The molecule has 1 fully saturated rings. The molecule has 27 heavy (non-hydrogen) atoms. The summed E-state index contributed by atoms with van der Waals surface area (Å²) < 4.78 is 24.4. The second-order valence-electron chi connectivity index (χ2n) is 6.92. The summed E-state index contributed by atoms with van der Waals surface area (Å²) in [4.78, 5) is 2.41. The van der Waals surface area contributed by atoms with Gasteiger partial charge < -0.3 is 19.3 Å². The number of aromatic hydroxyl groups is 1. The molecule has 1 radical (unpaired) electrons. The number of benzene rings is 2. The summed E-state index contributed by atoms with van der Waals surface area (Å²) >= 11 is 0. The van der Waals surface area contributed by atoms with Gasteiger partial charge in [0.15, 0.2) is 11.5 Å². The average molecular weight is 369 g/mol. The molecule has 0 spiro atoms. The third-order valence-corrected chi connectivity index (χ3v) is 5.11. The lowest BCUT2D eigenvalue weighted by atomic mass is 9.92. The van der Waals surface area contributed by atoms with E-state index in [0.717, 1.165) is 50.0 Å². The number of fused-ring (bicyclic) bond motifs is 1. The SMILES string of the molecule is Oc1c[c]ccc1OCCCN1CCC(c2onc3cc(F)ccc23)CC1. The first-order valence-electron chi connectivity index (χ1n) is 9.30. The van der Waals surface area contributed by atoms with Crippen LogP contribution >= 0.6 is 0 Å². The van der Waals surface area contributed by atoms with Crippen LogP contribution in [0.2, 0.25) is 0 Å². The second-order valence-corrected chi connectivity index (χ2v) is 6.92. The normalized spacial score (nSPS) is 16.0. The molecule has 2 aromatic carbocycles. The first kappa shape index (κ1) is 17.8. The minimum absolute atomic E-state index is 0.123. The van der Waals surface area contributed by atoms with Gasteiger partial charge in [-0.25, -0.2) is 4.39 Å². The molecule has 0 saturated carbocycles. The highest BCUT2D eigenvalue weighted by Gasteiger charge is 2.25. The van der Waals surface area contributed by atoms with E-state index in [1.165, 1.54) is 18.2 Å². The van der Waals surface area contributed by atoms with Crippen LogP contribution in [0.3, 0.4) is 0 Å². The van der Waals surface area contributed by atoms with E-state index in [1.54, 1.807) is 18.2 Å². The molecule has 0 atom stereocenters. The maximum atomic E-state index is 13.3. The van der Waals surface area contributed by atoms with Gasteiger partial charge in [-0.1, -0.05) is 11.2 Å². The summed E-state index contributed by atoms with van der Waals surface area (Å²) in [7, 11) is 0. The first-order valence-corrected chi connectivity index (χ1v) is 9.30. The Hall–Kier alpha value is -2.60. The van der Waals surface area contributed by atoms with Gasteiger partial charge in [0.25, 0.3) is 0 Å². The summed E-state index contributed by atoms with van der Waals surface area (Å²) in [6, 6.07) is 12.4. The predicted octanol–water partition coefficient (Wildman–Crippen LogP) is 4.12. The van der Waals surface area contributed by atoms with Crippen LogP contribution in [0.25, 0.3) is 10.9 Å². The van der Waals surface area contributed by atoms with Crippen molar-refractivity contribution < 1.29 is 18.8 Å². The summed E-state index contributed by atoms with van der Waals surface area (Å²) in [6.07, 6.45) is 2.89. The van der Waals surface area contributed by atoms with Crippen molar-refractivity contribution in [1.29, 1.82) is 0 Å². The van der Waals surface area contributed by atoms with Gasteiger partial charge in [0.2, 0.25) is 0 Å². The lowest BCUT2D eigenvalue weighted by Gasteiger charge is -2.30. The zero-order valence-corrected chi connectivity index (χ0v) is 15.0. The van der Waals surface area contributed by atoms with Crippen molar-refractivity contribution in [3.8, 4) is 11.5 Å². The smallest absolute Gasteiger partial charge is 0.160 e. The van der Waals surface area contributed by atoms with Crippen molar-refractivity contribution in [3.05, 3.63) is 54.0 Å². The van der Waals surface area contributed by atoms with Crippen molar-refractivity contribution in [2.75, 3.05) is 26.2 Å². The number of nitrogens with zero attached hydrogens (tertiary/aromatic N) is 2. The number of piperidine rings is 1. The second kappa shape index (κ2) is 7.96. The molecule has 0 unspecified atom stereocenters. The molecule has 1 saturated heterocycles. The third-order valence-electron chi connectivity index (χ3n) is 5.11. The fourth-order valence-electron chi connectivity index (χ4n) is 3.65. The number of phenolic OH excluding ortho intramolecular Hbond substituents is 1. The number of ether oxygens (including phenoxy) is 1. The molecule has 5 nitrogen and oxygen atoms in total. The molecule has 0 bridgehead atoms. The molecule has 1 N–H and O–H groups in total. The van der Waals surface area contributed by atoms with Crippen LogP contribution in [0.1, 0.15) is 30.9 Å². The van der Waals surface area contributed by atoms with Gasteiger partial charge in [0.1, 0.15) is 17.1 Å². The third kappa shape index (κ3) is 4.06. The quantitative estimate of drug-likeness (QED) is 0.663. The molecule has 1 aliphatic heterocycles. The predicted molar refractivity (Wildman–Crippen MR) is 99.4 cm³/mol. The summed E-state index contributed by atoms with van der Waals surface area (Å²) in [5.74, 6) is 1.54. The highest BCUT2D eigenvalue weighted by atomic mass is 19.1. The largest absolute Gasteiger partial charge is 0.504 e. The first-order chi connectivity index (χ1) is 13.2. The molecule has 1 aromatic heterocycles. The Morgan fingerprint density at radius 3 is 2.96 bits per heavy atom. The van der Waals surface area contributed by atoms with Crippen molar-refractivity contribution in [1.82, 2.24) is 10.1 Å². The molecule has 0 amide bonds. The Bertz CT molecular complexity index is 903. The van der Waals surface area contributed by atoms with Gasteiger partial charge in [-0.15, -0.1) is 0 Å². The maximum absolute atomic E-state index is 13.3. The minimum Gasteiger partial charge on any atom is -0.504 e. The van der Waals surface area contributed by atoms with Crippen molar-refractivity contribution in [2.45, 2.75) is 25.2 Å².